The number of halogens is 2. The predicted molar refractivity (Wildman–Crippen MR) is 116 cm³/mol. The molecule has 0 aliphatic carbocycles. The zero-order valence-corrected chi connectivity index (χ0v) is 17.3. The van der Waals surface area contributed by atoms with Crippen molar-refractivity contribution in [2.75, 3.05) is 7.05 Å². The lowest BCUT2D eigenvalue weighted by Crippen LogP contribution is -2.34. The Morgan fingerprint density at radius 2 is 1.60 bits per heavy atom. The molecule has 0 aliphatic rings. The van der Waals surface area contributed by atoms with Crippen molar-refractivity contribution in [3.8, 4) is 0 Å². The monoisotopic (exact) mass is 424 g/mol. The minimum Gasteiger partial charge on any atom is -0.345 e. The largest absolute Gasteiger partial charge is 0.345 e. The molecule has 30 heavy (non-hydrogen) atoms. The lowest BCUT2D eigenvalue weighted by Gasteiger charge is -2.23. The van der Waals surface area contributed by atoms with E-state index in [0.717, 1.165) is 5.56 Å². The minimum atomic E-state index is -0.523. The summed E-state index contributed by atoms with van der Waals surface area (Å²) in [6.45, 7) is 0.0402. The van der Waals surface area contributed by atoms with Crippen LogP contribution >= 0.6 is 11.6 Å². The fourth-order valence-corrected chi connectivity index (χ4v) is 3.33. The van der Waals surface area contributed by atoms with Crippen molar-refractivity contribution in [1.82, 2.24) is 10.2 Å². The second-order valence-corrected chi connectivity index (χ2v) is 7.36. The molecule has 6 heteroatoms. The molecule has 3 rings (SSSR count). The van der Waals surface area contributed by atoms with E-state index >= 15 is 0 Å². The number of amides is 2. The maximum Gasteiger partial charge on any atom is 0.251 e. The molecule has 0 saturated heterocycles. The third kappa shape index (κ3) is 5.45. The maximum atomic E-state index is 14.1. The summed E-state index contributed by atoms with van der Waals surface area (Å²) < 4.78 is 14.1. The fourth-order valence-electron chi connectivity index (χ4n) is 3.11. The first-order valence-electron chi connectivity index (χ1n) is 9.53. The van der Waals surface area contributed by atoms with Gasteiger partial charge in [0, 0.05) is 29.7 Å². The molecule has 4 nitrogen and oxygen atoms in total. The summed E-state index contributed by atoms with van der Waals surface area (Å²) in [7, 11) is 1.59. The highest BCUT2D eigenvalue weighted by molar-refractivity contribution is 6.31. The minimum absolute atomic E-state index is 0.0329. The van der Waals surface area contributed by atoms with E-state index in [1.807, 2.05) is 36.4 Å². The topological polar surface area (TPSA) is 49.4 Å². The zero-order chi connectivity index (χ0) is 21.5. The Bertz CT molecular complexity index is 992. The average molecular weight is 425 g/mol. The first-order valence-corrected chi connectivity index (χ1v) is 9.91. The molecule has 1 atom stereocenters. The average Bonchev–Trinajstić information content (AvgIpc) is 2.77. The summed E-state index contributed by atoms with van der Waals surface area (Å²) in [6, 6.07) is 22.0. The van der Waals surface area contributed by atoms with Crippen LogP contribution in [0.4, 0.5) is 4.39 Å². The van der Waals surface area contributed by atoms with Crippen LogP contribution in [-0.4, -0.2) is 23.8 Å². The number of carbonyl (C=O) groups excluding carboxylic acids is 2. The third-order valence-corrected chi connectivity index (χ3v) is 5.16. The van der Waals surface area contributed by atoms with E-state index in [-0.39, 0.29) is 35.4 Å². The van der Waals surface area contributed by atoms with E-state index in [0.29, 0.717) is 5.56 Å². The number of nitrogens with zero attached hydrogens (tertiary/aromatic N) is 1. The van der Waals surface area contributed by atoms with Gasteiger partial charge in [0.05, 0.1) is 12.5 Å². The second kappa shape index (κ2) is 10.0. The van der Waals surface area contributed by atoms with Gasteiger partial charge in [-0.25, -0.2) is 4.39 Å². The first kappa shape index (κ1) is 21.5. The molecule has 0 aliphatic heterocycles. The van der Waals surface area contributed by atoms with Gasteiger partial charge >= 0.3 is 0 Å². The molecule has 0 aromatic heterocycles. The lowest BCUT2D eigenvalue weighted by atomic mass is 10.0. The molecule has 1 N–H and O–H groups in total. The van der Waals surface area contributed by atoms with Crippen LogP contribution in [-0.2, 0) is 11.3 Å². The van der Waals surface area contributed by atoms with Gasteiger partial charge in [0.1, 0.15) is 5.82 Å². The van der Waals surface area contributed by atoms with Crippen LogP contribution in [0.15, 0.2) is 78.9 Å². The van der Waals surface area contributed by atoms with Crippen molar-refractivity contribution in [2.24, 2.45) is 0 Å². The van der Waals surface area contributed by atoms with E-state index in [1.165, 1.54) is 17.0 Å². The molecule has 3 aromatic carbocycles. The molecular formula is C24H22ClFN2O2. The van der Waals surface area contributed by atoms with E-state index in [2.05, 4.69) is 5.32 Å². The van der Waals surface area contributed by atoms with Crippen molar-refractivity contribution in [2.45, 2.75) is 19.0 Å². The van der Waals surface area contributed by atoms with E-state index < -0.39 is 11.9 Å². The Hall–Kier alpha value is -3.18. The molecular weight excluding hydrogens is 403 g/mol. The molecule has 0 radical (unpaired) electrons. The van der Waals surface area contributed by atoms with Gasteiger partial charge < -0.3 is 10.2 Å². The molecule has 0 saturated carbocycles. The SMILES string of the molecule is CN(Cc1c(F)cccc1Cl)C(=O)CC(NC(=O)c1ccccc1)c1ccccc1. The Balaban J connectivity index is 1.75. The van der Waals surface area contributed by atoms with Crippen LogP contribution in [0.1, 0.15) is 33.9 Å². The van der Waals surface area contributed by atoms with Gasteiger partial charge in [-0.15, -0.1) is 0 Å². The van der Waals surface area contributed by atoms with Crippen molar-refractivity contribution in [3.63, 3.8) is 0 Å². The number of rotatable bonds is 7. The molecule has 0 fully saturated rings. The summed E-state index contributed by atoms with van der Waals surface area (Å²) in [5, 5.41) is 3.21. The van der Waals surface area contributed by atoms with Gasteiger partial charge in [-0.2, -0.15) is 0 Å². The molecule has 1 unspecified atom stereocenters. The maximum absolute atomic E-state index is 14.1. The smallest absolute Gasteiger partial charge is 0.251 e. The Morgan fingerprint density at radius 3 is 2.23 bits per heavy atom. The number of benzene rings is 3. The van der Waals surface area contributed by atoms with E-state index in [9.17, 15) is 14.0 Å². The number of carbonyl (C=O) groups is 2. The standard InChI is InChI=1S/C24H22ClFN2O2/c1-28(16-19-20(25)13-8-14-21(19)26)23(29)15-22(17-9-4-2-5-10-17)27-24(30)18-11-6-3-7-12-18/h2-14,22H,15-16H2,1H3,(H,27,30). The summed E-state index contributed by atoms with van der Waals surface area (Å²) in [5.41, 5.74) is 1.59. The second-order valence-electron chi connectivity index (χ2n) is 6.96. The predicted octanol–water partition coefficient (Wildman–Crippen LogP) is 5.00. The Kier molecular flexibility index (Phi) is 7.20. The summed E-state index contributed by atoms with van der Waals surface area (Å²) in [4.78, 5) is 26.9. The summed E-state index contributed by atoms with van der Waals surface area (Å²) in [5.74, 6) is -0.965. The molecule has 3 aromatic rings. The number of nitrogens with one attached hydrogen (secondary N) is 1. The molecule has 0 spiro atoms. The third-order valence-electron chi connectivity index (χ3n) is 4.80. The van der Waals surface area contributed by atoms with Crippen LogP contribution in [0, 0.1) is 5.82 Å². The van der Waals surface area contributed by atoms with Gasteiger partial charge in [0.15, 0.2) is 0 Å². The quantitative estimate of drug-likeness (QED) is 0.580. The normalized spacial score (nSPS) is 11.6. The zero-order valence-electron chi connectivity index (χ0n) is 16.5. The summed E-state index contributed by atoms with van der Waals surface area (Å²) >= 11 is 6.08. The van der Waals surface area contributed by atoms with Crippen LogP contribution in [0.5, 0.6) is 0 Å². The Morgan fingerprint density at radius 1 is 0.967 bits per heavy atom. The summed E-state index contributed by atoms with van der Waals surface area (Å²) in [6.07, 6.45) is 0.0329. The van der Waals surface area contributed by atoms with Gasteiger partial charge in [0.25, 0.3) is 5.91 Å². The highest BCUT2D eigenvalue weighted by Gasteiger charge is 2.22. The Labute approximate surface area is 180 Å². The van der Waals surface area contributed by atoms with Crippen LogP contribution in [0.3, 0.4) is 0 Å². The molecule has 0 heterocycles. The number of hydrogen-bond donors (Lipinski definition) is 1. The highest BCUT2D eigenvalue weighted by atomic mass is 35.5. The van der Waals surface area contributed by atoms with Gasteiger partial charge in [-0.05, 0) is 29.8 Å². The van der Waals surface area contributed by atoms with Crippen molar-refractivity contribution >= 4 is 23.4 Å². The van der Waals surface area contributed by atoms with Gasteiger partial charge in [-0.1, -0.05) is 66.2 Å². The van der Waals surface area contributed by atoms with Crippen molar-refractivity contribution in [3.05, 3.63) is 106 Å². The van der Waals surface area contributed by atoms with E-state index in [4.69, 9.17) is 11.6 Å². The van der Waals surface area contributed by atoms with Crippen LogP contribution in [0.2, 0.25) is 5.02 Å². The molecule has 2 amide bonds. The molecule has 154 valence electrons. The van der Waals surface area contributed by atoms with Gasteiger partial charge in [0.2, 0.25) is 5.91 Å². The highest BCUT2D eigenvalue weighted by Crippen LogP contribution is 2.23. The van der Waals surface area contributed by atoms with E-state index in [1.54, 1.807) is 37.4 Å². The van der Waals surface area contributed by atoms with Crippen LogP contribution < -0.4 is 5.32 Å². The first-order chi connectivity index (χ1) is 14.5. The van der Waals surface area contributed by atoms with Crippen molar-refractivity contribution in [1.29, 1.82) is 0 Å². The lowest BCUT2D eigenvalue weighted by molar-refractivity contribution is -0.131. The van der Waals surface area contributed by atoms with Crippen LogP contribution in [0.25, 0.3) is 0 Å². The van der Waals surface area contributed by atoms with Crippen molar-refractivity contribution < 1.29 is 14.0 Å². The van der Waals surface area contributed by atoms with Gasteiger partial charge in [-0.3, -0.25) is 9.59 Å². The number of hydrogen-bond acceptors (Lipinski definition) is 2. The fraction of sp³-hybridized carbons (Fsp3) is 0.167. The molecule has 0 bridgehead atoms.